The van der Waals surface area contributed by atoms with Crippen molar-refractivity contribution in [1.29, 1.82) is 0 Å². The molecule has 0 aromatic carbocycles. The second-order valence-electron chi connectivity index (χ2n) is 6.94. The van der Waals surface area contributed by atoms with Gasteiger partial charge < -0.3 is 25.2 Å². The molecular formula is C19H18N2O7S2. The Morgan fingerprint density at radius 2 is 1.60 bits per heavy atom. The number of thiophene rings is 2. The van der Waals surface area contributed by atoms with Crippen molar-refractivity contribution in [1.82, 2.24) is 0 Å². The zero-order chi connectivity index (χ0) is 21.4. The van der Waals surface area contributed by atoms with Gasteiger partial charge in [0.2, 0.25) is 5.91 Å². The molecule has 4 heterocycles. The van der Waals surface area contributed by atoms with E-state index in [4.69, 9.17) is 9.47 Å². The Morgan fingerprint density at radius 1 is 1.00 bits per heavy atom. The summed E-state index contributed by atoms with van der Waals surface area (Å²) in [4.78, 5) is 49.0. The second kappa shape index (κ2) is 8.17. The fourth-order valence-corrected chi connectivity index (χ4v) is 5.51. The zero-order valence-electron chi connectivity index (χ0n) is 15.7. The highest BCUT2D eigenvalue weighted by molar-refractivity contribution is 7.15. The summed E-state index contributed by atoms with van der Waals surface area (Å²) in [5.74, 6) is -4.30. The molecule has 2 amide bonds. The summed E-state index contributed by atoms with van der Waals surface area (Å²) < 4.78 is 10.3. The van der Waals surface area contributed by atoms with Crippen molar-refractivity contribution in [2.24, 2.45) is 11.8 Å². The molecule has 2 aliphatic rings. The van der Waals surface area contributed by atoms with Crippen molar-refractivity contribution in [3.05, 3.63) is 34.0 Å². The molecular weight excluding hydrogens is 432 g/mol. The number of ether oxygens (including phenoxy) is 2. The number of amides is 2. The fourth-order valence-electron chi connectivity index (χ4n) is 3.95. The number of aliphatic carboxylic acids is 1. The van der Waals surface area contributed by atoms with Gasteiger partial charge in [-0.05, 0) is 35.7 Å². The number of nitrogens with one attached hydrogen (secondary N) is 2. The molecule has 2 aromatic rings. The van der Waals surface area contributed by atoms with Gasteiger partial charge in [-0.2, -0.15) is 0 Å². The predicted molar refractivity (Wildman–Crippen MR) is 109 cm³/mol. The molecule has 0 spiro atoms. The van der Waals surface area contributed by atoms with Crippen LogP contribution in [0.2, 0.25) is 0 Å². The van der Waals surface area contributed by atoms with E-state index in [2.05, 4.69) is 10.6 Å². The Hall–Kier alpha value is -2.76. The van der Waals surface area contributed by atoms with Crippen LogP contribution in [0.3, 0.4) is 0 Å². The van der Waals surface area contributed by atoms with Gasteiger partial charge >= 0.3 is 11.9 Å². The van der Waals surface area contributed by atoms with Gasteiger partial charge in [0.05, 0.1) is 42.3 Å². The van der Waals surface area contributed by atoms with Gasteiger partial charge in [0.15, 0.2) is 0 Å². The van der Waals surface area contributed by atoms with Crippen molar-refractivity contribution in [2.75, 3.05) is 17.7 Å². The highest BCUT2D eigenvalue weighted by atomic mass is 32.1. The molecule has 30 heavy (non-hydrogen) atoms. The topological polar surface area (TPSA) is 131 Å². The summed E-state index contributed by atoms with van der Waals surface area (Å²) in [6, 6.07) is 3.09. The number of carboxylic acids is 1. The minimum absolute atomic E-state index is 0.216. The average Bonchev–Trinajstić information content (AvgIpc) is 3.50. The maximum absolute atomic E-state index is 12.9. The molecule has 2 saturated heterocycles. The molecule has 0 unspecified atom stereocenters. The van der Waals surface area contributed by atoms with Crippen molar-refractivity contribution in [3.8, 4) is 0 Å². The van der Waals surface area contributed by atoms with Crippen LogP contribution in [-0.4, -0.2) is 48.2 Å². The van der Waals surface area contributed by atoms with Crippen LogP contribution < -0.4 is 10.6 Å². The standard InChI is InChI=1S/C19H18N2O7S2/c1-27-19(26)9-5-7-30-17(9)20-14(22)8-4-6-29-16(8)21-15(23)12-10-2-3-11(28-10)13(12)18(24)25/h4-7,10-13H,2-3H2,1H3,(H,20,22)(H,21,23)(H,24,25)/t10-,11-,12-,13+/m1/s1. The Bertz CT molecular complexity index is 1010. The van der Waals surface area contributed by atoms with Crippen LogP contribution in [0.4, 0.5) is 10.0 Å². The lowest BCUT2D eigenvalue weighted by Crippen LogP contribution is -2.41. The molecule has 2 fully saturated rings. The van der Waals surface area contributed by atoms with Crippen LogP contribution in [-0.2, 0) is 19.1 Å². The number of carboxylic acid groups (broad SMARTS) is 1. The van der Waals surface area contributed by atoms with Crippen molar-refractivity contribution < 1.29 is 33.8 Å². The molecule has 4 rings (SSSR count). The lowest BCUT2D eigenvalue weighted by molar-refractivity contribution is -0.147. The number of methoxy groups -OCH3 is 1. The molecule has 0 saturated carbocycles. The Balaban J connectivity index is 1.49. The van der Waals surface area contributed by atoms with Crippen LogP contribution in [0.15, 0.2) is 22.9 Å². The third-order valence-electron chi connectivity index (χ3n) is 5.31. The zero-order valence-corrected chi connectivity index (χ0v) is 17.4. The molecule has 0 radical (unpaired) electrons. The van der Waals surface area contributed by atoms with Gasteiger partial charge in [-0.1, -0.05) is 0 Å². The molecule has 9 nitrogen and oxygen atoms in total. The summed E-state index contributed by atoms with van der Waals surface area (Å²) in [5, 5.41) is 18.8. The summed E-state index contributed by atoms with van der Waals surface area (Å²) in [7, 11) is 1.25. The van der Waals surface area contributed by atoms with Gasteiger partial charge in [-0.3, -0.25) is 14.4 Å². The summed E-state index contributed by atoms with van der Waals surface area (Å²) in [5.41, 5.74) is 0.452. The number of anilines is 2. The summed E-state index contributed by atoms with van der Waals surface area (Å²) >= 11 is 2.33. The van der Waals surface area contributed by atoms with Crippen LogP contribution in [0.5, 0.6) is 0 Å². The maximum atomic E-state index is 12.9. The average molecular weight is 450 g/mol. The van der Waals surface area contributed by atoms with Crippen molar-refractivity contribution in [3.63, 3.8) is 0 Å². The minimum atomic E-state index is -1.06. The van der Waals surface area contributed by atoms with Gasteiger partial charge in [0.25, 0.3) is 5.91 Å². The number of carbonyl (C=O) groups excluding carboxylic acids is 3. The number of esters is 1. The van der Waals surface area contributed by atoms with E-state index < -0.39 is 47.8 Å². The molecule has 2 bridgehead atoms. The molecule has 0 aliphatic carbocycles. The Morgan fingerprint density at radius 3 is 2.23 bits per heavy atom. The minimum Gasteiger partial charge on any atom is -0.481 e. The predicted octanol–water partition coefficient (Wildman–Crippen LogP) is 2.67. The SMILES string of the molecule is COC(=O)c1ccsc1NC(=O)c1ccsc1NC(=O)[C@H]1[C@@H](C(=O)O)[C@H]2CC[C@H]1O2. The van der Waals surface area contributed by atoms with Gasteiger partial charge in [0.1, 0.15) is 10.0 Å². The fraction of sp³-hybridized carbons (Fsp3) is 0.368. The van der Waals surface area contributed by atoms with Crippen molar-refractivity contribution in [2.45, 2.75) is 25.0 Å². The Labute approximate surface area is 179 Å². The molecule has 2 aromatic heterocycles. The quantitative estimate of drug-likeness (QED) is 0.577. The first-order chi connectivity index (χ1) is 14.4. The molecule has 4 atom stereocenters. The molecule has 2 aliphatic heterocycles. The van der Waals surface area contributed by atoms with Crippen LogP contribution >= 0.6 is 22.7 Å². The number of hydrogen-bond donors (Lipinski definition) is 3. The van der Waals surface area contributed by atoms with E-state index in [9.17, 15) is 24.3 Å². The first-order valence-corrected chi connectivity index (χ1v) is 10.9. The molecule has 11 heteroatoms. The van der Waals surface area contributed by atoms with Gasteiger partial charge in [0, 0.05) is 0 Å². The maximum Gasteiger partial charge on any atom is 0.340 e. The number of fused-ring (bicyclic) bond motifs is 2. The number of rotatable bonds is 6. The largest absolute Gasteiger partial charge is 0.481 e. The van der Waals surface area contributed by atoms with Gasteiger partial charge in [-0.25, -0.2) is 4.79 Å². The van der Waals surface area contributed by atoms with E-state index in [-0.39, 0.29) is 11.1 Å². The van der Waals surface area contributed by atoms with Gasteiger partial charge in [-0.15, -0.1) is 22.7 Å². The highest BCUT2D eigenvalue weighted by Gasteiger charge is 2.55. The Kier molecular flexibility index (Phi) is 5.58. The lowest BCUT2D eigenvalue weighted by atomic mass is 9.79. The molecule has 3 N–H and O–H groups in total. The molecule has 158 valence electrons. The second-order valence-corrected chi connectivity index (χ2v) is 8.77. The summed E-state index contributed by atoms with van der Waals surface area (Å²) in [6.45, 7) is 0. The summed E-state index contributed by atoms with van der Waals surface area (Å²) in [6.07, 6.45) is 0.382. The monoisotopic (exact) mass is 450 g/mol. The van der Waals surface area contributed by atoms with Crippen LogP contribution in [0.25, 0.3) is 0 Å². The lowest BCUT2D eigenvalue weighted by Gasteiger charge is -2.23. The highest BCUT2D eigenvalue weighted by Crippen LogP contribution is 2.44. The first kappa shape index (κ1) is 20.5. The first-order valence-electron chi connectivity index (χ1n) is 9.14. The third-order valence-corrected chi connectivity index (χ3v) is 6.97. The van der Waals surface area contributed by atoms with E-state index in [0.717, 1.165) is 11.3 Å². The number of hydrogen-bond acceptors (Lipinski definition) is 8. The van der Waals surface area contributed by atoms with Crippen molar-refractivity contribution >= 4 is 56.4 Å². The normalized spacial score (nSPS) is 24.4. The van der Waals surface area contributed by atoms with E-state index >= 15 is 0 Å². The van der Waals surface area contributed by atoms with E-state index in [1.807, 2.05) is 0 Å². The van der Waals surface area contributed by atoms with Crippen LogP contribution in [0, 0.1) is 11.8 Å². The van der Waals surface area contributed by atoms with E-state index in [1.165, 1.54) is 18.4 Å². The van der Waals surface area contributed by atoms with E-state index in [0.29, 0.717) is 22.8 Å². The third kappa shape index (κ3) is 3.59. The smallest absolute Gasteiger partial charge is 0.340 e. The van der Waals surface area contributed by atoms with E-state index in [1.54, 1.807) is 22.9 Å². The number of carbonyl (C=O) groups is 4. The van der Waals surface area contributed by atoms with Crippen LogP contribution in [0.1, 0.15) is 33.6 Å².